The second kappa shape index (κ2) is 10.4. The lowest BCUT2D eigenvalue weighted by Crippen LogP contribution is -2.01. The van der Waals surface area contributed by atoms with Gasteiger partial charge in [0.05, 0.1) is 34.5 Å². The van der Waals surface area contributed by atoms with E-state index in [9.17, 15) is 0 Å². The molecule has 1 aliphatic heterocycles. The Labute approximate surface area is 293 Å². The third-order valence-corrected chi connectivity index (χ3v) is 12.0. The molecule has 236 valence electrons. The molecule has 2 N–H and O–H groups in total. The summed E-state index contributed by atoms with van der Waals surface area (Å²) in [6.07, 6.45) is 0. The van der Waals surface area contributed by atoms with Crippen molar-refractivity contribution in [3.8, 4) is 5.69 Å². The number of benzene rings is 8. The topological polar surface area (TPSA) is 34.0 Å². The molecule has 50 heavy (non-hydrogen) atoms. The van der Waals surface area contributed by atoms with Crippen molar-refractivity contribution in [1.82, 2.24) is 4.57 Å². The molecule has 2 atom stereocenters. The van der Waals surface area contributed by atoms with Crippen LogP contribution in [0, 0.1) is 0 Å². The van der Waals surface area contributed by atoms with E-state index in [0.29, 0.717) is 0 Å². The van der Waals surface area contributed by atoms with E-state index >= 15 is 0 Å². The summed E-state index contributed by atoms with van der Waals surface area (Å²) in [4.78, 5) is 2.51. The number of hydrogen-bond donors (Lipinski definition) is 1. The minimum Gasteiger partial charge on any atom is -0.397 e. The molecule has 0 bridgehead atoms. The normalized spacial score (nSPS) is 16.0. The first-order valence-electron chi connectivity index (χ1n) is 17.2. The highest BCUT2D eigenvalue weighted by Gasteiger charge is 2.51. The molecule has 11 rings (SSSR count). The first-order valence-corrected chi connectivity index (χ1v) is 18.0. The van der Waals surface area contributed by atoms with Gasteiger partial charge in [0.15, 0.2) is 0 Å². The molecule has 0 spiro atoms. The Morgan fingerprint density at radius 1 is 0.500 bits per heavy atom. The molecule has 10 aromatic rings. The lowest BCUT2D eigenvalue weighted by atomic mass is 10.00. The van der Waals surface area contributed by atoms with Gasteiger partial charge in [-0.15, -0.1) is 11.3 Å². The predicted octanol–water partition coefficient (Wildman–Crippen LogP) is 12.3. The fourth-order valence-electron chi connectivity index (χ4n) is 8.59. The van der Waals surface area contributed by atoms with Gasteiger partial charge >= 0.3 is 0 Å². The van der Waals surface area contributed by atoms with Gasteiger partial charge in [-0.1, -0.05) is 121 Å². The Bertz CT molecular complexity index is 2890. The Kier molecular flexibility index (Phi) is 5.81. The molecular formula is C46H31N3S. The van der Waals surface area contributed by atoms with Gasteiger partial charge < -0.3 is 15.2 Å². The van der Waals surface area contributed by atoms with Crippen LogP contribution in [0.2, 0.25) is 0 Å². The summed E-state index contributed by atoms with van der Waals surface area (Å²) in [5.41, 5.74) is 14.8. The number of nitrogen functional groups attached to an aromatic ring is 1. The van der Waals surface area contributed by atoms with E-state index in [2.05, 4.69) is 161 Å². The van der Waals surface area contributed by atoms with Crippen LogP contribution in [0.5, 0.6) is 0 Å². The van der Waals surface area contributed by atoms with E-state index in [1.807, 2.05) is 23.5 Å². The summed E-state index contributed by atoms with van der Waals surface area (Å²) in [7, 11) is 0. The minimum atomic E-state index is 0.144. The Morgan fingerprint density at radius 3 is 1.86 bits per heavy atom. The van der Waals surface area contributed by atoms with Gasteiger partial charge in [-0.25, -0.2) is 0 Å². The van der Waals surface area contributed by atoms with E-state index in [-0.39, 0.29) is 12.1 Å². The lowest BCUT2D eigenvalue weighted by Gasteiger charge is -2.12. The van der Waals surface area contributed by atoms with E-state index in [4.69, 9.17) is 5.73 Å². The number of hydrogen-bond acceptors (Lipinski definition) is 3. The van der Waals surface area contributed by atoms with Crippen LogP contribution in [0.25, 0.3) is 69.2 Å². The third kappa shape index (κ3) is 3.91. The van der Waals surface area contributed by atoms with Crippen molar-refractivity contribution < 1.29 is 0 Å². The fourth-order valence-corrected chi connectivity index (χ4v) is 9.84. The number of para-hydroxylation sites is 2. The molecule has 3 heterocycles. The molecule has 1 aliphatic rings. The molecule has 0 amide bonds. The van der Waals surface area contributed by atoms with Gasteiger partial charge in [0.25, 0.3) is 0 Å². The van der Waals surface area contributed by atoms with Gasteiger partial charge in [-0.05, 0) is 75.1 Å². The Morgan fingerprint density at radius 2 is 1.12 bits per heavy atom. The highest BCUT2D eigenvalue weighted by Crippen LogP contribution is 2.60. The molecule has 1 unspecified atom stereocenters. The molecule has 3 nitrogen and oxygen atoms in total. The van der Waals surface area contributed by atoms with E-state index in [1.54, 1.807) is 0 Å². The van der Waals surface area contributed by atoms with Gasteiger partial charge in [0.1, 0.15) is 0 Å². The zero-order valence-corrected chi connectivity index (χ0v) is 27.9. The Balaban J connectivity index is 1.14. The monoisotopic (exact) mass is 657 g/mol. The molecule has 2 aromatic heterocycles. The summed E-state index contributed by atoms with van der Waals surface area (Å²) in [5, 5.41) is 10.3. The summed E-state index contributed by atoms with van der Waals surface area (Å²) in [6.45, 7) is 0. The molecule has 0 radical (unpaired) electrons. The molecule has 0 saturated carbocycles. The van der Waals surface area contributed by atoms with Crippen molar-refractivity contribution in [1.29, 1.82) is 0 Å². The maximum absolute atomic E-state index is 6.70. The van der Waals surface area contributed by atoms with Gasteiger partial charge in [-0.3, -0.25) is 0 Å². The van der Waals surface area contributed by atoms with Gasteiger partial charge in [-0.2, -0.15) is 0 Å². The molecule has 0 aliphatic carbocycles. The van der Waals surface area contributed by atoms with Crippen molar-refractivity contribution in [2.75, 3.05) is 10.6 Å². The average Bonchev–Trinajstić information content (AvgIpc) is 3.62. The third-order valence-electron chi connectivity index (χ3n) is 10.8. The fraction of sp³-hybridized carbons (Fsp3) is 0.0435. The summed E-state index contributed by atoms with van der Waals surface area (Å²) < 4.78 is 5.16. The molecule has 8 aromatic carbocycles. The summed E-state index contributed by atoms with van der Waals surface area (Å²) in [6, 6.07) is 60.1. The highest BCUT2D eigenvalue weighted by atomic mass is 32.1. The number of nitrogens with zero attached hydrogens (tertiary/aromatic N) is 2. The van der Waals surface area contributed by atoms with Crippen LogP contribution in [0.15, 0.2) is 164 Å². The highest BCUT2D eigenvalue weighted by molar-refractivity contribution is 7.26. The van der Waals surface area contributed by atoms with Crippen molar-refractivity contribution in [2.24, 2.45) is 0 Å². The van der Waals surface area contributed by atoms with Gasteiger partial charge in [0, 0.05) is 36.6 Å². The van der Waals surface area contributed by atoms with E-state index < -0.39 is 0 Å². The maximum atomic E-state index is 6.70. The number of nitrogens with two attached hydrogens (primary N) is 1. The molecule has 4 heteroatoms. The first kappa shape index (κ1) is 27.8. The largest absolute Gasteiger partial charge is 0.397 e. The first-order chi connectivity index (χ1) is 24.7. The van der Waals surface area contributed by atoms with Crippen LogP contribution in [0.4, 0.5) is 11.4 Å². The van der Waals surface area contributed by atoms with Crippen LogP contribution < -0.4 is 10.6 Å². The van der Waals surface area contributed by atoms with Crippen LogP contribution >= 0.6 is 11.3 Å². The lowest BCUT2D eigenvalue weighted by molar-refractivity contribution is 1.03. The zero-order valence-electron chi connectivity index (χ0n) is 27.1. The minimum absolute atomic E-state index is 0.144. The Hall–Kier alpha value is -6.10. The molecular weight excluding hydrogens is 627 g/mol. The zero-order chi connectivity index (χ0) is 32.9. The number of rotatable bonds is 4. The second-order valence-electron chi connectivity index (χ2n) is 13.5. The SMILES string of the molecule is Nc1ccccc1N1C(c2cccc3c2sc2ccccc23)[C@H]1c1cccc(-n2c3ccc4ccccc4c3c3c4ccccc4ccc32)c1. The molecule has 1 saturated heterocycles. The van der Waals surface area contributed by atoms with Crippen LogP contribution in [0.1, 0.15) is 23.2 Å². The molecule has 1 fully saturated rings. The summed E-state index contributed by atoms with van der Waals surface area (Å²) in [5.74, 6) is 0. The summed E-state index contributed by atoms with van der Waals surface area (Å²) >= 11 is 1.90. The quantitative estimate of drug-likeness (QED) is 0.151. The van der Waals surface area contributed by atoms with Crippen LogP contribution in [-0.4, -0.2) is 4.57 Å². The van der Waals surface area contributed by atoms with E-state index in [1.165, 1.54) is 80.3 Å². The maximum Gasteiger partial charge on any atom is 0.0810 e. The van der Waals surface area contributed by atoms with Crippen LogP contribution in [0.3, 0.4) is 0 Å². The predicted molar refractivity (Wildman–Crippen MR) is 214 cm³/mol. The van der Waals surface area contributed by atoms with Gasteiger partial charge in [0.2, 0.25) is 0 Å². The van der Waals surface area contributed by atoms with Crippen molar-refractivity contribution in [3.05, 3.63) is 175 Å². The van der Waals surface area contributed by atoms with Crippen molar-refractivity contribution in [3.63, 3.8) is 0 Å². The van der Waals surface area contributed by atoms with Crippen molar-refractivity contribution in [2.45, 2.75) is 12.1 Å². The van der Waals surface area contributed by atoms with Crippen LogP contribution in [-0.2, 0) is 0 Å². The number of fused-ring (bicyclic) bond motifs is 10. The smallest absolute Gasteiger partial charge is 0.0810 e. The number of thiophene rings is 1. The second-order valence-corrected chi connectivity index (χ2v) is 14.5. The standard InChI is InChI=1S/C46H31N3S/c47-37-20-6-7-21-38(37)49-44(45(49)36-19-10-18-35-34-17-5-8-22-41(34)50-46(35)36)30-13-9-14-31(27-30)48-39-25-23-28-11-1-3-15-32(28)42(39)43-33-16-4-2-12-29(33)24-26-40(43)48/h1-27,44-45H,47H2/t44-,45?,49?/m1/s1. The van der Waals surface area contributed by atoms with E-state index in [0.717, 1.165) is 11.4 Å². The average molecular weight is 658 g/mol. The number of aromatic nitrogens is 1. The van der Waals surface area contributed by atoms with Crippen molar-refractivity contribution >= 4 is 86.2 Å². The number of anilines is 2.